The lowest BCUT2D eigenvalue weighted by molar-refractivity contribution is -0.0448. The van der Waals surface area contributed by atoms with Crippen molar-refractivity contribution in [2.24, 2.45) is 17.6 Å². The van der Waals surface area contributed by atoms with Gasteiger partial charge in [0.15, 0.2) is 0 Å². The van der Waals surface area contributed by atoms with Gasteiger partial charge in [0.25, 0.3) is 0 Å². The summed E-state index contributed by atoms with van der Waals surface area (Å²) in [5.74, 6) is 1.85. The molecule has 2 heteroatoms. The van der Waals surface area contributed by atoms with Gasteiger partial charge in [-0.25, -0.2) is 0 Å². The van der Waals surface area contributed by atoms with Gasteiger partial charge in [0.1, 0.15) is 0 Å². The minimum absolute atomic E-state index is 0.370. The summed E-state index contributed by atoms with van der Waals surface area (Å²) in [4.78, 5) is 2.93. The molecule has 0 bridgehead atoms. The van der Waals surface area contributed by atoms with Crippen molar-refractivity contribution in [3.05, 3.63) is 0 Å². The number of fused-ring (bicyclic) bond motifs is 1. The highest BCUT2D eigenvalue weighted by Crippen LogP contribution is 2.47. The van der Waals surface area contributed by atoms with Gasteiger partial charge in [0.2, 0.25) is 0 Å². The number of piperidine rings is 1. The van der Waals surface area contributed by atoms with E-state index < -0.39 is 0 Å². The third-order valence-electron chi connectivity index (χ3n) is 6.58. The Hall–Kier alpha value is -0.0800. The number of likely N-dealkylation sites (tertiary alicyclic amines) is 1. The number of nitrogens with zero attached hydrogens (tertiary/aromatic N) is 1. The summed E-state index contributed by atoms with van der Waals surface area (Å²) in [6.07, 6.45) is 14.3. The predicted molar refractivity (Wildman–Crippen MR) is 81.1 cm³/mol. The monoisotopic (exact) mass is 264 g/mol. The summed E-state index contributed by atoms with van der Waals surface area (Å²) in [5.41, 5.74) is 6.72. The van der Waals surface area contributed by atoms with E-state index >= 15 is 0 Å². The van der Waals surface area contributed by atoms with Crippen LogP contribution in [-0.4, -0.2) is 29.6 Å². The molecular weight excluding hydrogens is 232 g/mol. The van der Waals surface area contributed by atoms with Crippen LogP contribution in [0, 0.1) is 11.8 Å². The molecule has 1 aliphatic heterocycles. The standard InChI is InChI=1S/C17H32N2/c1-2-15-9-5-11-17(15,13-18)19-12-6-8-14-7-3-4-10-16(14)19/h14-16H,2-13,18H2,1H3. The van der Waals surface area contributed by atoms with E-state index in [1.165, 1.54) is 70.8 Å². The largest absolute Gasteiger partial charge is 0.329 e. The van der Waals surface area contributed by atoms with Crippen LogP contribution in [0.1, 0.15) is 71.1 Å². The molecule has 0 aromatic heterocycles. The third kappa shape index (κ3) is 2.25. The van der Waals surface area contributed by atoms with Gasteiger partial charge in [-0.3, -0.25) is 4.90 Å². The molecule has 2 N–H and O–H groups in total. The Morgan fingerprint density at radius 1 is 1.05 bits per heavy atom. The maximum Gasteiger partial charge on any atom is 0.0362 e. The SMILES string of the molecule is CCC1CCCC1(CN)N1CCCC2CCCCC21. The summed E-state index contributed by atoms with van der Waals surface area (Å²) >= 11 is 0. The van der Waals surface area contributed by atoms with E-state index in [9.17, 15) is 0 Å². The Bertz CT molecular complexity index is 302. The Kier molecular flexibility index (Phi) is 4.19. The molecule has 2 nitrogen and oxygen atoms in total. The molecule has 0 radical (unpaired) electrons. The quantitative estimate of drug-likeness (QED) is 0.844. The van der Waals surface area contributed by atoms with Gasteiger partial charge < -0.3 is 5.73 Å². The summed E-state index contributed by atoms with van der Waals surface area (Å²) < 4.78 is 0. The lowest BCUT2D eigenvalue weighted by Crippen LogP contribution is -2.63. The molecule has 4 atom stereocenters. The molecule has 1 saturated heterocycles. The first-order valence-electron chi connectivity index (χ1n) is 8.78. The minimum atomic E-state index is 0.370. The van der Waals surface area contributed by atoms with Gasteiger partial charge in [-0.1, -0.05) is 32.6 Å². The molecule has 2 saturated carbocycles. The molecule has 4 unspecified atom stereocenters. The second-order valence-electron chi connectivity index (χ2n) is 7.25. The van der Waals surface area contributed by atoms with Gasteiger partial charge >= 0.3 is 0 Å². The number of nitrogens with two attached hydrogens (primary N) is 1. The van der Waals surface area contributed by atoms with Gasteiger partial charge in [0, 0.05) is 18.1 Å². The Labute approximate surface area is 119 Å². The highest BCUT2D eigenvalue weighted by Gasteiger charge is 2.49. The average molecular weight is 264 g/mol. The fourth-order valence-corrected chi connectivity index (χ4v) is 5.65. The zero-order chi connectivity index (χ0) is 13.3. The first-order chi connectivity index (χ1) is 9.31. The molecule has 3 aliphatic rings. The second-order valence-corrected chi connectivity index (χ2v) is 7.25. The summed E-state index contributed by atoms with van der Waals surface area (Å²) in [6, 6.07) is 0.873. The Balaban J connectivity index is 1.85. The molecule has 0 amide bonds. The van der Waals surface area contributed by atoms with Crippen molar-refractivity contribution in [2.45, 2.75) is 82.7 Å². The van der Waals surface area contributed by atoms with Crippen LogP contribution >= 0.6 is 0 Å². The first kappa shape index (κ1) is 13.9. The van der Waals surface area contributed by atoms with Crippen molar-refractivity contribution in [3.8, 4) is 0 Å². The van der Waals surface area contributed by atoms with E-state index in [0.717, 1.165) is 24.4 Å². The topological polar surface area (TPSA) is 29.3 Å². The normalized spacial score (nSPS) is 44.2. The van der Waals surface area contributed by atoms with Crippen LogP contribution in [0.15, 0.2) is 0 Å². The molecule has 19 heavy (non-hydrogen) atoms. The third-order valence-corrected chi connectivity index (χ3v) is 6.58. The zero-order valence-electron chi connectivity index (χ0n) is 12.7. The van der Waals surface area contributed by atoms with Crippen LogP contribution in [0.4, 0.5) is 0 Å². The first-order valence-corrected chi connectivity index (χ1v) is 8.78. The summed E-state index contributed by atoms with van der Waals surface area (Å²) in [7, 11) is 0. The molecule has 3 fully saturated rings. The summed E-state index contributed by atoms with van der Waals surface area (Å²) in [6.45, 7) is 4.60. The molecule has 0 aromatic rings. The molecule has 0 spiro atoms. The molecular formula is C17H32N2. The zero-order valence-corrected chi connectivity index (χ0v) is 12.7. The van der Waals surface area contributed by atoms with Crippen LogP contribution < -0.4 is 5.73 Å². The van der Waals surface area contributed by atoms with Crippen LogP contribution in [0.25, 0.3) is 0 Å². The van der Waals surface area contributed by atoms with Crippen LogP contribution in [-0.2, 0) is 0 Å². The smallest absolute Gasteiger partial charge is 0.0362 e. The van der Waals surface area contributed by atoms with Crippen LogP contribution in [0.2, 0.25) is 0 Å². The summed E-state index contributed by atoms with van der Waals surface area (Å²) in [5, 5.41) is 0. The van der Waals surface area contributed by atoms with E-state index in [2.05, 4.69) is 11.8 Å². The van der Waals surface area contributed by atoms with Crippen molar-refractivity contribution >= 4 is 0 Å². The van der Waals surface area contributed by atoms with Crippen molar-refractivity contribution in [2.75, 3.05) is 13.1 Å². The molecule has 0 aromatic carbocycles. The molecule has 1 heterocycles. The highest BCUT2D eigenvalue weighted by molar-refractivity contribution is 5.05. The van der Waals surface area contributed by atoms with Crippen molar-refractivity contribution < 1.29 is 0 Å². The van der Waals surface area contributed by atoms with Crippen molar-refractivity contribution in [1.82, 2.24) is 4.90 Å². The Morgan fingerprint density at radius 2 is 1.84 bits per heavy atom. The predicted octanol–water partition coefficient (Wildman–Crippen LogP) is 3.55. The number of hydrogen-bond donors (Lipinski definition) is 1. The van der Waals surface area contributed by atoms with E-state index in [1.807, 2.05) is 0 Å². The van der Waals surface area contributed by atoms with E-state index in [4.69, 9.17) is 5.73 Å². The van der Waals surface area contributed by atoms with Gasteiger partial charge in [0.05, 0.1) is 0 Å². The molecule has 2 aliphatic carbocycles. The van der Waals surface area contributed by atoms with E-state index in [1.54, 1.807) is 0 Å². The number of hydrogen-bond acceptors (Lipinski definition) is 2. The van der Waals surface area contributed by atoms with E-state index in [0.29, 0.717) is 5.54 Å². The highest BCUT2D eigenvalue weighted by atomic mass is 15.3. The lowest BCUT2D eigenvalue weighted by Gasteiger charge is -2.54. The molecule has 3 rings (SSSR count). The van der Waals surface area contributed by atoms with E-state index in [-0.39, 0.29) is 0 Å². The fraction of sp³-hybridized carbons (Fsp3) is 1.00. The molecule has 110 valence electrons. The van der Waals surface area contributed by atoms with Crippen molar-refractivity contribution in [3.63, 3.8) is 0 Å². The average Bonchev–Trinajstić information content (AvgIpc) is 2.90. The second kappa shape index (κ2) is 5.73. The number of rotatable bonds is 3. The van der Waals surface area contributed by atoms with Gasteiger partial charge in [-0.2, -0.15) is 0 Å². The fourth-order valence-electron chi connectivity index (χ4n) is 5.65. The maximum absolute atomic E-state index is 6.35. The Morgan fingerprint density at radius 3 is 2.63 bits per heavy atom. The van der Waals surface area contributed by atoms with Crippen LogP contribution in [0.3, 0.4) is 0 Å². The van der Waals surface area contributed by atoms with Gasteiger partial charge in [-0.15, -0.1) is 0 Å². The maximum atomic E-state index is 6.35. The van der Waals surface area contributed by atoms with Crippen LogP contribution in [0.5, 0.6) is 0 Å². The van der Waals surface area contributed by atoms with Gasteiger partial charge in [-0.05, 0) is 56.9 Å². The lowest BCUT2D eigenvalue weighted by atomic mass is 9.73. The minimum Gasteiger partial charge on any atom is -0.329 e. The van der Waals surface area contributed by atoms with Crippen molar-refractivity contribution in [1.29, 1.82) is 0 Å².